The van der Waals surface area contributed by atoms with Crippen molar-refractivity contribution in [3.05, 3.63) is 63.8 Å². The molecule has 0 atom stereocenters. The number of hydrogen-bond acceptors (Lipinski definition) is 3. The Morgan fingerprint density at radius 1 is 0.833 bits per heavy atom. The first-order chi connectivity index (χ1) is 11.4. The minimum atomic E-state index is 0.278. The van der Waals surface area contributed by atoms with Crippen LogP contribution in [0.4, 0.5) is 5.69 Å². The lowest BCUT2D eigenvalue weighted by Crippen LogP contribution is -2.04. The maximum absolute atomic E-state index is 10.3. The average Bonchev–Trinajstić information content (AvgIpc) is 2.54. The molecule has 0 aliphatic heterocycles. The second kappa shape index (κ2) is 6.16. The smallest absolute Gasteiger partial charge is 0.144 e. The second-order valence-electron chi connectivity index (χ2n) is 6.66. The lowest BCUT2D eigenvalue weighted by Gasteiger charge is -2.13. The predicted molar refractivity (Wildman–Crippen MR) is 101 cm³/mol. The van der Waals surface area contributed by atoms with Crippen LogP contribution in [0.1, 0.15) is 33.5 Å². The number of aromatic nitrogens is 1. The van der Waals surface area contributed by atoms with Gasteiger partial charge in [-0.05, 0) is 74.6 Å². The largest absolute Gasteiger partial charge is 0.505 e. The summed E-state index contributed by atoms with van der Waals surface area (Å²) in [6.07, 6.45) is 0. The average molecular weight is 320 g/mol. The van der Waals surface area contributed by atoms with Gasteiger partial charge in [-0.25, -0.2) is 4.98 Å². The van der Waals surface area contributed by atoms with Crippen molar-refractivity contribution in [1.29, 1.82) is 0 Å². The van der Waals surface area contributed by atoms with E-state index in [1.165, 1.54) is 16.7 Å². The van der Waals surface area contributed by atoms with E-state index >= 15 is 0 Å². The van der Waals surface area contributed by atoms with Crippen molar-refractivity contribution in [2.75, 3.05) is 5.32 Å². The standard InChI is InChI=1S/C21H24N2O/c1-12-8-15(4)19(10-13(12)2)22-11-17-6-7-18-14(3)9-16(5)21(24)20(18)23-17/h6-10,22,24H,11H2,1-5H3. The Hall–Kier alpha value is -2.55. The molecule has 24 heavy (non-hydrogen) atoms. The summed E-state index contributed by atoms with van der Waals surface area (Å²) in [7, 11) is 0. The molecule has 3 nitrogen and oxygen atoms in total. The number of anilines is 1. The van der Waals surface area contributed by atoms with E-state index < -0.39 is 0 Å². The summed E-state index contributed by atoms with van der Waals surface area (Å²) in [6.45, 7) is 11.0. The number of nitrogens with zero attached hydrogens (tertiary/aromatic N) is 1. The van der Waals surface area contributed by atoms with E-state index in [2.05, 4.69) is 43.2 Å². The number of aryl methyl sites for hydroxylation is 5. The van der Waals surface area contributed by atoms with Crippen LogP contribution < -0.4 is 5.32 Å². The second-order valence-corrected chi connectivity index (χ2v) is 6.66. The fraction of sp³-hybridized carbons (Fsp3) is 0.286. The summed E-state index contributed by atoms with van der Waals surface area (Å²) in [5.74, 6) is 0.278. The number of rotatable bonds is 3. The fourth-order valence-electron chi connectivity index (χ4n) is 3.09. The van der Waals surface area contributed by atoms with E-state index in [0.29, 0.717) is 12.1 Å². The van der Waals surface area contributed by atoms with Crippen molar-refractivity contribution >= 4 is 16.6 Å². The maximum atomic E-state index is 10.3. The molecule has 0 bridgehead atoms. The van der Waals surface area contributed by atoms with E-state index in [0.717, 1.165) is 27.9 Å². The van der Waals surface area contributed by atoms with Crippen molar-refractivity contribution in [2.45, 2.75) is 41.2 Å². The van der Waals surface area contributed by atoms with Crippen LogP contribution >= 0.6 is 0 Å². The van der Waals surface area contributed by atoms with Gasteiger partial charge in [0, 0.05) is 11.1 Å². The molecule has 3 aromatic rings. The van der Waals surface area contributed by atoms with Crippen molar-refractivity contribution in [3.63, 3.8) is 0 Å². The van der Waals surface area contributed by atoms with E-state index in [4.69, 9.17) is 0 Å². The van der Waals surface area contributed by atoms with Crippen LogP contribution in [0.3, 0.4) is 0 Å². The number of benzene rings is 2. The SMILES string of the molecule is Cc1cc(C)c(NCc2ccc3c(C)cc(C)c(O)c3n2)cc1C. The van der Waals surface area contributed by atoms with Crippen molar-refractivity contribution in [2.24, 2.45) is 0 Å². The Labute approximate surface area is 143 Å². The van der Waals surface area contributed by atoms with Gasteiger partial charge in [-0.3, -0.25) is 0 Å². The molecular formula is C21H24N2O. The van der Waals surface area contributed by atoms with Crippen LogP contribution in [0.25, 0.3) is 10.9 Å². The van der Waals surface area contributed by atoms with Gasteiger partial charge in [-0.2, -0.15) is 0 Å². The van der Waals surface area contributed by atoms with Gasteiger partial charge in [0.05, 0.1) is 12.2 Å². The van der Waals surface area contributed by atoms with Crippen LogP contribution in [0, 0.1) is 34.6 Å². The van der Waals surface area contributed by atoms with Gasteiger partial charge in [0.15, 0.2) is 0 Å². The Bertz CT molecular complexity index is 929. The molecule has 0 radical (unpaired) electrons. The monoisotopic (exact) mass is 320 g/mol. The summed E-state index contributed by atoms with van der Waals surface area (Å²) in [5.41, 5.74) is 8.54. The molecule has 1 aromatic heterocycles. The quantitative estimate of drug-likeness (QED) is 0.706. The summed E-state index contributed by atoms with van der Waals surface area (Å²) in [5, 5.41) is 14.8. The molecule has 3 heteroatoms. The van der Waals surface area contributed by atoms with Gasteiger partial charge >= 0.3 is 0 Å². The highest BCUT2D eigenvalue weighted by Gasteiger charge is 2.09. The van der Waals surface area contributed by atoms with Crippen LogP contribution in [0.2, 0.25) is 0 Å². The Morgan fingerprint density at radius 3 is 2.25 bits per heavy atom. The molecule has 0 saturated heterocycles. The van der Waals surface area contributed by atoms with Gasteiger partial charge in [-0.1, -0.05) is 18.2 Å². The maximum Gasteiger partial charge on any atom is 0.144 e. The highest BCUT2D eigenvalue weighted by Crippen LogP contribution is 2.30. The summed E-state index contributed by atoms with van der Waals surface area (Å²) in [4.78, 5) is 4.67. The van der Waals surface area contributed by atoms with E-state index in [1.807, 2.05) is 32.0 Å². The van der Waals surface area contributed by atoms with Crippen molar-refractivity contribution in [1.82, 2.24) is 4.98 Å². The van der Waals surface area contributed by atoms with E-state index in [1.54, 1.807) is 0 Å². The topological polar surface area (TPSA) is 45.1 Å². The first-order valence-corrected chi connectivity index (χ1v) is 8.27. The Kier molecular flexibility index (Phi) is 4.18. The summed E-state index contributed by atoms with van der Waals surface area (Å²) < 4.78 is 0. The Balaban J connectivity index is 1.91. The molecule has 2 N–H and O–H groups in total. The minimum Gasteiger partial charge on any atom is -0.505 e. The molecule has 0 amide bonds. The van der Waals surface area contributed by atoms with Gasteiger partial charge < -0.3 is 10.4 Å². The molecule has 0 spiro atoms. The summed E-state index contributed by atoms with van der Waals surface area (Å²) >= 11 is 0. The highest BCUT2D eigenvalue weighted by molar-refractivity contribution is 5.88. The normalized spacial score (nSPS) is 11.0. The lowest BCUT2D eigenvalue weighted by atomic mass is 10.0. The van der Waals surface area contributed by atoms with Gasteiger partial charge in [-0.15, -0.1) is 0 Å². The van der Waals surface area contributed by atoms with E-state index in [9.17, 15) is 5.11 Å². The molecule has 0 aliphatic rings. The number of phenolic OH excluding ortho intramolecular Hbond substituents is 1. The van der Waals surface area contributed by atoms with Gasteiger partial charge in [0.25, 0.3) is 0 Å². The number of pyridine rings is 1. The molecule has 1 heterocycles. The molecule has 2 aromatic carbocycles. The first-order valence-electron chi connectivity index (χ1n) is 8.27. The predicted octanol–water partition coefficient (Wildman–Crippen LogP) is 5.09. The molecule has 124 valence electrons. The third-order valence-corrected chi connectivity index (χ3v) is 4.71. The summed E-state index contributed by atoms with van der Waals surface area (Å²) in [6, 6.07) is 10.4. The number of aromatic hydroxyl groups is 1. The third-order valence-electron chi connectivity index (χ3n) is 4.71. The number of nitrogens with one attached hydrogen (secondary N) is 1. The minimum absolute atomic E-state index is 0.278. The third kappa shape index (κ3) is 2.94. The van der Waals surface area contributed by atoms with Crippen LogP contribution in [0.5, 0.6) is 5.75 Å². The molecule has 0 fully saturated rings. The molecule has 3 rings (SSSR count). The van der Waals surface area contributed by atoms with Crippen LogP contribution in [-0.2, 0) is 6.54 Å². The zero-order valence-corrected chi connectivity index (χ0v) is 15.0. The number of hydrogen-bond donors (Lipinski definition) is 2. The fourth-order valence-corrected chi connectivity index (χ4v) is 3.09. The van der Waals surface area contributed by atoms with Crippen molar-refractivity contribution < 1.29 is 5.11 Å². The molecule has 0 unspecified atom stereocenters. The highest BCUT2D eigenvalue weighted by atomic mass is 16.3. The van der Waals surface area contributed by atoms with Crippen LogP contribution in [-0.4, -0.2) is 10.1 Å². The van der Waals surface area contributed by atoms with Crippen molar-refractivity contribution in [3.8, 4) is 5.75 Å². The van der Waals surface area contributed by atoms with Gasteiger partial charge in [0.2, 0.25) is 0 Å². The molecular weight excluding hydrogens is 296 g/mol. The lowest BCUT2D eigenvalue weighted by molar-refractivity contribution is 0.476. The number of fused-ring (bicyclic) bond motifs is 1. The van der Waals surface area contributed by atoms with E-state index in [-0.39, 0.29) is 5.75 Å². The zero-order valence-electron chi connectivity index (χ0n) is 15.0. The molecule has 0 aliphatic carbocycles. The first kappa shape index (κ1) is 16.3. The van der Waals surface area contributed by atoms with Gasteiger partial charge in [0.1, 0.15) is 11.3 Å². The zero-order chi connectivity index (χ0) is 17.4. The number of phenols is 1. The molecule has 0 saturated carbocycles. The Morgan fingerprint density at radius 2 is 1.50 bits per heavy atom. The van der Waals surface area contributed by atoms with Crippen LogP contribution in [0.15, 0.2) is 30.3 Å².